The van der Waals surface area contributed by atoms with Crippen molar-refractivity contribution in [3.63, 3.8) is 0 Å². The van der Waals surface area contributed by atoms with Crippen molar-refractivity contribution in [2.45, 2.75) is 20.4 Å². The normalized spacial score (nSPS) is 11.5. The predicted octanol–water partition coefficient (Wildman–Crippen LogP) is 2.13. The molecule has 0 radical (unpaired) electrons. The van der Waals surface area contributed by atoms with E-state index in [0.29, 0.717) is 16.8 Å². The Morgan fingerprint density at radius 1 is 1.05 bits per heavy atom. The molecule has 0 spiro atoms. The molecule has 0 bridgehead atoms. The first-order chi connectivity index (χ1) is 10.2. The van der Waals surface area contributed by atoms with Gasteiger partial charge in [-0.05, 0) is 55.3 Å². The Morgan fingerprint density at radius 3 is 2.36 bits per heavy atom. The fraction of sp³-hybridized carbons (Fsp3) is 0.200. The Morgan fingerprint density at radius 2 is 1.73 bits per heavy atom. The Hall–Kier alpha value is -2.01. The molecule has 0 unspecified atom stereocenters. The van der Waals surface area contributed by atoms with Crippen LogP contribution in [-0.2, 0) is 11.1 Å². The van der Waals surface area contributed by atoms with Gasteiger partial charge in [-0.1, -0.05) is 0 Å². The molecule has 118 valence electrons. The molecule has 22 heavy (non-hydrogen) atoms. The third-order valence-corrected chi connectivity index (χ3v) is 4.72. The second-order valence-corrected chi connectivity index (χ2v) is 6.66. The standard InChI is InChI=1S/C15H18NO5P/c1-9-10(2)15(22(19,20)21)6-4-13(9)16-8-11-7-12(17)3-5-14(11)18/h3-7,16-18H,8H2,1-2H3,(H2,19,20,21). The molecular formula is C15H18NO5P. The van der Waals surface area contributed by atoms with Crippen molar-refractivity contribution in [3.05, 3.63) is 47.0 Å². The highest BCUT2D eigenvalue weighted by Gasteiger charge is 2.21. The summed E-state index contributed by atoms with van der Waals surface area (Å²) in [5, 5.41) is 22.3. The van der Waals surface area contributed by atoms with E-state index >= 15 is 0 Å². The molecule has 0 saturated carbocycles. The van der Waals surface area contributed by atoms with E-state index in [9.17, 15) is 24.6 Å². The van der Waals surface area contributed by atoms with Gasteiger partial charge in [0, 0.05) is 17.8 Å². The molecule has 0 heterocycles. The van der Waals surface area contributed by atoms with Crippen LogP contribution in [0.1, 0.15) is 16.7 Å². The Bertz CT molecular complexity index is 754. The third kappa shape index (κ3) is 3.42. The molecule has 5 N–H and O–H groups in total. The van der Waals surface area contributed by atoms with Crippen molar-refractivity contribution in [1.82, 2.24) is 0 Å². The van der Waals surface area contributed by atoms with Gasteiger partial charge in [0.2, 0.25) is 0 Å². The number of rotatable bonds is 4. The van der Waals surface area contributed by atoms with Gasteiger partial charge in [0.25, 0.3) is 0 Å². The number of phenols is 2. The van der Waals surface area contributed by atoms with E-state index in [0.717, 1.165) is 5.56 Å². The van der Waals surface area contributed by atoms with Crippen molar-refractivity contribution < 1.29 is 24.6 Å². The monoisotopic (exact) mass is 323 g/mol. The van der Waals surface area contributed by atoms with Gasteiger partial charge in [0.1, 0.15) is 11.5 Å². The van der Waals surface area contributed by atoms with Crippen molar-refractivity contribution in [3.8, 4) is 11.5 Å². The van der Waals surface area contributed by atoms with Gasteiger partial charge < -0.3 is 25.3 Å². The average molecular weight is 323 g/mol. The molecule has 0 aliphatic heterocycles. The molecule has 0 saturated heterocycles. The first kappa shape index (κ1) is 16.4. The van der Waals surface area contributed by atoms with Gasteiger partial charge in [-0.25, -0.2) is 0 Å². The molecule has 2 aromatic rings. The van der Waals surface area contributed by atoms with E-state index in [1.165, 1.54) is 24.3 Å². The molecule has 0 amide bonds. The van der Waals surface area contributed by atoms with Crippen LogP contribution in [-0.4, -0.2) is 20.0 Å². The number of hydrogen-bond acceptors (Lipinski definition) is 4. The molecular weight excluding hydrogens is 305 g/mol. The first-order valence-corrected chi connectivity index (χ1v) is 8.22. The summed E-state index contributed by atoms with van der Waals surface area (Å²) in [6, 6.07) is 7.24. The zero-order valence-corrected chi connectivity index (χ0v) is 13.1. The minimum atomic E-state index is -4.29. The van der Waals surface area contributed by atoms with Gasteiger partial charge in [0.05, 0.1) is 5.30 Å². The summed E-state index contributed by atoms with van der Waals surface area (Å²) < 4.78 is 11.4. The lowest BCUT2D eigenvalue weighted by Gasteiger charge is -2.16. The summed E-state index contributed by atoms with van der Waals surface area (Å²) in [5.74, 6) is 0.117. The van der Waals surface area contributed by atoms with Crippen LogP contribution in [0.15, 0.2) is 30.3 Å². The molecule has 2 rings (SSSR count). The highest BCUT2D eigenvalue weighted by molar-refractivity contribution is 7.60. The van der Waals surface area contributed by atoms with Crippen molar-refractivity contribution in [2.24, 2.45) is 0 Å². The summed E-state index contributed by atoms with van der Waals surface area (Å²) in [6.45, 7) is 3.69. The lowest BCUT2D eigenvalue weighted by Crippen LogP contribution is -2.12. The van der Waals surface area contributed by atoms with E-state index in [4.69, 9.17) is 0 Å². The maximum absolute atomic E-state index is 11.4. The van der Waals surface area contributed by atoms with E-state index in [1.54, 1.807) is 19.9 Å². The largest absolute Gasteiger partial charge is 0.508 e. The molecule has 7 heteroatoms. The van der Waals surface area contributed by atoms with Crippen LogP contribution in [0.3, 0.4) is 0 Å². The van der Waals surface area contributed by atoms with E-state index in [2.05, 4.69) is 5.32 Å². The number of anilines is 1. The molecule has 0 aliphatic carbocycles. The molecule has 2 aromatic carbocycles. The van der Waals surface area contributed by atoms with Crippen LogP contribution in [0.25, 0.3) is 0 Å². The zero-order chi connectivity index (χ0) is 16.5. The molecule has 6 nitrogen and oxygen atoms in total. The summed E-state index contributed by atoms with van der Waals surface area (Å²) in [5.41, 5.74) is 2.48. The van der Waals surface area contributed by atoms with E-state index < -0.39 is 7.60 Å². The second-order valence-electron chi connectivity index (χ2n) is 5.09. The first-order valence-electron chi connectivity index (χ1n) is 6.61. The SMILES string of the molecule is Cc1c(NCc2cc(O)ccc2O)ccc(P(=O)(O)O)c1C. The maximum atomic E-state index is 11.4. The predicted molar refractivity (Wildman–Crippen MR) is 84.7 cm³/mol. The summed E-state index contributed by atoms with van der Waals surface area (Å²) >= 11 is 0. The maximum Gasteiger partial charge on any atom is 0.356 e. The second kappa shape index (κ2) is 6.01. The summed E-state index contributed by atoms with van der Waals surface area (Å²) in [7, 11) is -4.29. The lowest BCUT2D eigenvalue weighted by molar-refractivity contribution is 0.387. The Labute approximate surface area is 128 Å². The molecule has 0 aromatic heterocycles. The number of phenolic OH excluding ortho intramolecular Hbond substituents is 2. The fourth-order valence-electron chi connectivity index (χ4n) is 2.22. The average Bonchev–Trinajstić information content (AvgIpc) is 2.42. The van der Waals surface area contributed by atoms with Crippen molar-refractivity contribution >= 4 is 18.6 Å². The zero-order valence-electron chi connectivity index (χ0n) is 12.2. The highest BCUT2D eigenvalue weighted by Crippen LogP contribution is 2.36. The van der Waals surface area contributed by atoms with Gasteiger partial charge in [-0.3, -0.25) is 4.57 Å². The van der Waals surface area contributed by atoms with Crippen LogP contribution < -0.4 is 10.6 Å². The van der Waals surface area contributed by atoms with Crippen molar-refractivity contribution in [1.29, 1.82) is 0 Å². The summed E-state index contributed by atoms with van der Waals surface area (Å²) in [6.07, 6.45) is 0. The Kier molecular flexibility index (Phi) is 4.47. The summed E-state index contributed by atoms with van der Waals surface area (Å²) in [4.78, 5) is 18.6. The fourth-order valence-corrected chi connectivity index (χ4v) is 3.09. The van der Waals surface area contributed by atoms with E-state index in [-0.39, 0.29) is 23.3 Å². The lowest BCUT2D eigenvalue weighted by atomic mass is 10.1. The van der Waals surface area contributed by atoms with Crippen LogP contribution in [0.2, 0.25) is 0 Å². The third-order valence-electron chi connectivity index (χ3n) is 3.60. The van der Waals surface area contributed by atoms with Gasteiger partial charge in [-0.15, -0.1) is 0 Å². The number of hydrogen-bond donors (Lipinski definition) is 5. The number of benzene rings is 2. The smallest absolute Gasteiger partial charge is 0.356 e. The molecule has 0 aliphatic rings. The van der Waals surface area contributed by atoms with Crippen LogP contribution in [0.5, 0.6) is 11.5 Å². The number of nitrogens with one attached hydrogen (secondary N) is 1. The van der Waals surface area contributed by atoms with Gasteiger partial charge in [-0.2, -0.15) is 0 Å². The van der Waals surface area contributed by atoms with Gasteiger partial charge in [0.15, 0.2) is 0 Å². The van der Waals surface area contributed by atoms with Crippen LogP contribution in [0.4, 0.5) is 5.69 Å². The molecule has 0 fully saturated rings. The minimum absolute atomic E-state index is 0.00996. The topological polar surface area (TPSA) is 110 Å². The minimum Gasteiger partial charge on any atom is -0.508 e. The van der Waals surface area contributed by atoms with Crippen molar-refractivity contribution in [2.75, 3.05) is 5.32 Å². The molecule has 0 atom stereocenters. The van der Waals surface area contributed by atoms with Crippen LogP contribution >= 0.6 is 7.60 Å². The number of aromatic hydroxyl groups is 2. The Balaban J connectivity index is 2.26. The quantitative estimate of drug-likeness (QED) is 0.435. The van der Waals surface area contributed by atoms with Gasteiger partial charge >= 0.3 is 7.60 Å². The van der Waals surface area contributed by atoms with Crippen LogP contribution in [0, 0.1) is 13.8 Å². The van der Waals surface area contributed by atoms with E-state index in [1.807, 2.05) is 0 Å². The highest BCUT2D eigenvalue weighted by atomic mass is 31.2.